The highest BCUT2D eigenvalue weighted by atomic mass is 16.4. The fraction of sp³-hybridized carbons (Fsp3) is 0.400. The Morgan fingerprint density at radius 3 is 2.09 bits per heavy atom. The predicted octanol–water partition coefficient (Wildman–Crippen LogP) is 0.973. The normalized spacial score (nSPS) is 21.0. The summed E-state index contributed by atoms with van der Waals surface area (Å²) < 4.78 is 0. The molecule has 7 nitrogen and oxygen atoms in total. The average Bonchev–Trinajstić information content (AvgIpc) is 2.54. The first-order valence-electron chi connectivity index (χ1n) is 7.16. The van der Waals surface area contributed by atoms with E-state index in [-0.39, 0.29) is 5.92 Å². The smallest absolute Gasteiger partial charge is 0.323 e. The third-order valence-corrected chi connectivity index (χ3v) is 4.05. The van der Waals surface area contributed by atoms with E-state index in [2.05, 4.69) is 5.32 Å². The Kier molecular flexibility index (Phi) is 5.11. The quantitative estimate of drug-likeness (QED) is 0.287. The van der Waals surface area contributed by atoms with E-state index in [0.29, 0.717) is 24.4 Å². The molecule has 1 aromatic rings. The molecule has 0 unspecified atom stereocenters. The Bertz CT molecular complexity index is 563. The molecule has 0 saturated heterocycles. The number of carbonyl (C=O) groups excluding carboxylic acids is 2. The first kappa shape index (κ1) is 16.0. The number of benzene rings is 1. The van der Waals surface area contributed by atoms with Crippen LogP contribution in [0.15, 0.2) is 24.3 Å². The lowest BCUT2D eigenvalue weighted by molar-refractivity contribution is -0.142. The van der Waals surface area contributed by atoms with Gasteiger partial charge in [-0.25, -0.2) is 5.84 Å². The van der Waals surface area contributed by atoms with Crippen molar-refractivity contribution < 1.29 is 19.5 Å². The van der Waals surface area contributed by atoms with Gasteiger partial charge in [-0.2, -0.15) is 0 Å². The number of carboxylic acids is 1. The van der Waals surface area contributed by atoms with Gasteiger partial charge in [0.1, 0.15) is 0 Å². The number of hydrogen-bond donors (Lipinski definition) is 4. The maximum Gasteiger partial charge on any atom is 0.323 e. The Morgan fingerprint density at radius 2 is 1.59 bits per heavy atom. The molecule has 2 rings (SSSR count). The Labute approximate surface area is 127 Å². The van der Waals surface area contributed by atoms with Gasteiger partial charge in [0.25, 0.3) is 0 Å². The topological polar surface area (TPSA) is 122 Å². The Morgan fingerprint density at radius 1 is 1.00 bits per heavy atom. The largest absolute Gasteiger partial charge is 0.481 e. The van der Waals surface area contributed by atoms with Crippen molar-refractivity contribution in [3.63, 3.8) is 0 Å². The number of aliphatic carboxylic acids is 1. The van der Waals surface area contributed by atoms with Crippen LogP contribution >= 0.6 is 0 Å². The van der Waals surface area contributed by atoms with Crippen molar-refractivity contribution in [2.45, 2.75) is 31.6 Å². The van der Waals surface area contributed by atoms with E-state index >= 15 is 0 Å². The molecule has 0 atom stereocenters. The van der Waals surface area contributed by atoms with E-state index in [0.717, 1.165) is 18.4 Å². The summed E-state index contributed by atoms with van der Waals surface area (Å²) in [5.41, 5.74) is 3.39. The van der Waals surface area contributed by atoms with Crippen LogP contribution < -0.4 is 16.6 Å². The van der Waals surface area contributed by atoms with Crippen LogP contribution in [0.5, 0.6) is 0 Å². The molecule has 0 aliphatic heterocycles. The number of carbonyl (C=O) groups is 3. The first-order valence-corrected chi connectivity index (χ1v) is 7.16. The van der Waals surface area contributed by atoms with Gasteiger partial charge in [0, 0.05) is 5.69 Å². The van der Waals surface area contributed by atoms with Crippen LogP contribution in [0, 0.1) is 5.92 Å². The lowest BCUT2D eigenvalue weighted by Gasteiger charge is -2.26. The van der Waals surface area contributed by atoms with Crippen LogP contribution in [0.4, 0.5) is 5.69 Å². The minimum absolute atomic E-state index is 0.232. The minimum atomic E-state index is -0.906. The van der Waals surface area contributed by atoms with E-state index in [9.17, 15) is 14.4 Å². The zero-order valence-corrected chi connectivity index (χ0v) is 12.0. The van der Waals surface area contributed by atoms with Crippen LogP contribution in [0.1, 0.15) is 37.2 Å². The van der Waals surface area contributed by atoms with Gasteiger partial charge in [0.15, 0.2) is 0 Å². The highest BCUT2D eigenvalue weighted by Crippen LogP contribution is 2.36. The number of hydrogen-bond acceptors (Lipinski definition) is 4. The van der Waals surface area contributed by atoms with E-state index in [1.165, 1.54) is 0 Å². The molecule has 1 aliphatic rings. The summed E-state index contributed by atoms with van der Waals surface area (Å²) in [6.07, 6.45) is 3.07. The molecule has 22 heavy (non-hydrogen) atoms. The van der Waals surface area contributed by atoms with Gasteiger partial charge in [0.2, 0.25) is 0 Å². The highest BCUT2D eigenvalue weighted by molar-refractivity contribution is 6.39. The lowest BCUT2D eigenvalue weighted by atomic mass is 9.79. The molecule has 0 spiro atoms. The van der Waals surface area contributed by atoms with Crippen molar-refractivity contribution in [1.82, 2.24) is 5.43 Å². The van der Waals surface area contributed by atoms with Gasteiger partial charge < -0.3 is 10.4 Å². The molecule has 0 heterocycles. The summed E-state index contributed by atoms with van der Waals surface area (Å²) in [6, 6.07) is 7.23. The van der Waals surface area contributed by atoms with E-state index in [1.54, 1.807) is 17.6 Å². The fourth-order valence-electron chi connectivity index (χ4n) is 2.77. The zero-order valence-electron chi connectivity index (χ0n) is 12.0. The molecule has 2 amide bonds. The monoisotopic (exact) mass is 305 g/mol. The molecule has 118 valence electrons. The summed E-state index contributed by atoms with van der Waals surface area (Å²) >= 11 is 0. The molecule has 0 aromatic heterocycles. The van der Waals surface area contributed by atoms with E-state index in [4.69, 9.17) is 10.9 Å². The van der Waals surface area contributed by atoms with Crippen molar-refractivity contribution in [3.05, 3.63) is 29.8 Å². The number of rotatable bonds is 3. The van der Waals surface area contributed by atoms with Crippen LogP contribution in [-0.4, -0.2) is 22.9 Å². The van der Waals surface area contributed by atoms with Crippen LogP contribution in [0.25, 0.3) is 0 Å². The van der Waals surface area contributed by atoms with Crippen LogP contribution in [0.2, 0.25) is 0 Å². The maximum absolute atomic E-state index is 11.4. The standard InChI is InChI=1S/C15H19N3O4/c16-18-14(20)13(19)17-12-7-5-10(6-8-12)9-1-3-11(4-2-9)15(21)22/h5-9,11H,1-4,16H2,(H,17,19)(H,18,20)(H,21,22). The van der Waals surface area contributed by atoms with Gasteiger partial charge in [-0.05, 0) is 49.3 Å². The number of nitrogens with two attached hydrogens (primary N) is 1. The van der Waals surface area contributed by atoms with Crippen LogP contribution in [-0.2, 0) is 14.4 Å². The molecule has 0 bridgehead atoms. The molecule has 1 aliphatic carbocycles. The third kappa shape index (κ3) is 3.82. The minimum Gasteiger partial charge on any atom is -0.481 e. The second-order valence-electron chi connectivity index (χ2n) is 5.44. The SMILES string of the molecule is NNC(=O)C(=O)Nc1ccc(C2CCC(C(=O)O)CC2)cc1. The maximum atomic E-state index is 11.4. The van der Waals surface area contributed by atoms with Crippen molar-refractivity contribution >= 4 is 23.5 Å². The fourth-order valence-corrected chi connectivity index (χ4v) is 2.77. The number of amides is 2. The van der Waals surface area contributed by atoms with Gasteiger partial charge in [-0.15, -0.1) is 0 Å². The average molecular weight is 305 g/mol. The van der Waals surface area contributed by atoms with Gasteiger partial charge >= 0.3 is 17.8 Å². The van der Waals surface area contributed by atoms with Gasteiger partial charge in [-0.3, -0.25) is 19.8 Å². The van der Waals surface area contributed by atoms with E-state index < -0.39 is 17.8 Å². The van der Waals surface area contributed by atoms with E-state index in [1.807, 2.05) is 12.1 Å². The first-order chi connectivity index (χ1) is 10.5. The Balaban J connectivity index is 1.94. The Hall–Kier alpha value is -2.41. The van der Waals surface area contributed by atoms with Crippen molar-refractivity contribution in [3.8, 4) is 0 Å². The molecule has 0 radical (unpaired) electrons. The molecular weight excluding hydrogens is 286 g/mol. The number of anilines is 1. The molecule has 1 fully saturated rings. The molecule has 7 heteroatoms. The predicted molar refractivity (Wildman–Crippen MR) is 79.7 cm³/mol. The molecular formula is C15H19N3O4. The summed E-state index contributed by atoms with van der Waals surface area (Å²) in [5.74, 6) is 2.55. The van der Waals surface area contributed by atoms with Crippen molar-refractivity contribution in [2.24, 2.45) is 11.8 Å². The molecule has 1 saturated carbocycles. The van der Waals surface area contributed by atoms with Gasteiger partial charge in [0.05, 0.1) is 5.92 Å². The lowest BCUT2D eigenvalue weighted by Crippen LogP contribution is -2.39. The molecule has 1 aromatic carbocycles. The second kappa shape index (κ2) is 7.04. The summed E-state index contributed by atoms with van der Waals surface area (Å²) in [7, 11) is 0. The summed E-state index contributed by atoms with van der Waals surface area (Å²) in [6.45, 7) is 0. The highest BCUT2D eigenvalue weighted by Gasteiger charge is 2.26. The summed E-state index contributed by atoms with van der Waals surface area (Å²) in [4.78, 5) is 33.3. The van der Waals surface area contributed by atoms with Gasteiger partial charge in [-0.1, -0.05) is 12.1 Å². The number of hydrazine groups is 1. The number of nitrogens with one attached hydrogen (secondary N) is 2. The summed E-state index contributed by atoms with van der Waals surface area (Å²) in [5, 5.41) is 11.4. The van der Waals surface area contributed by atoms with Crippen molar-refractivity contribution in [2.75, 3.05) is 5.32 Å². The second-order valence-corrected chi connectivity index (χ2v) is 5.44. The number of carboxylic acid groups (broad SMARTS) is 1. The molecule has 5 N–H and O–H groups in total. The zero-order chi connectivity index (χ0) is 16.1. The van der Waals surface area contributed by atoms with Crippen LogP contribution in [0.3, 0.4) is 0 Å². The third-order valence-electron chi connectivity index (χ3n) is 4.05. The van der Waals surface area contributed by atoms with Crippen molar-refractivity contribution in [1.29, 1.82) is 0 Å².